The molecule has 3 rings (SSSR count). The van der Waals surface area contributed by atoms with E-state index in [9.17, 15) is 23.1 Å². The molecule has 3 unspecified atom stereocenters. The zero-order chi connectivity index (χ0) is 33.5. The molecule has 0 spiro atoms. The first kappa shape index (κ1) is 36.1. The van der Waals surface area contributed by atoms with Crippen LogP contribution < -0.4 is 22.2 Å². The molecule has 1 aromatic rings. The van der Waals surface area contributed by atoms with E-state index in [0.29, 0.717) is 29.8 Å². The molecule has 0 radical (unpaired) electrons. The van der Waals surface area contributed by atoms with Gasteiger partial charge < -0.3 is 26.2 Å². The van der Waals surface area contributed by atoms with E-state index in [0.717, 1.165) is 23.4 Å². The minimum Gasteiger partial charge on any atom is -0.494 e. The van der Waals surface area contributed by atoms with Crippen molar-refractivity contribution in [1.29, 1.82) is 0 Å². The number of ether oxygens (including phenoxy) is 1. The van der Waals surface area contributed by atoms with Crippen molar-refractivity contribution in [3.8, 4) is 0 Å². The molecule has 15 heteroatoms. The molecular formula is C30H42ClF3N8O3. The first-order valence-electron chi connectivity index (χ1n) is 14.3. The van der Waals surface area contributed by atoms with Crippen LogP contribution in [0.3, 0.4) is 0 Å². The molecule has 0 bridgehead atoms. The smallest absolute Gasteiger partial charge is 0.398 e. The summed E-state index contributed by atoms with van der Waals surface area (Å²) in [5.41, 5.74) is 9.00. The summed E-state index contributed by atoms with van der Waals surface area (Å²) in [7, 11) is 4.90. The monoisotopic (exact) mass is 654 g/mol. The number of alkyl halides is 4. The number of hydrogen-bond acceptors (Lipinski definition) is 9. The van der Waals surface area contributed by atoms with Gasteiger partial charge >= 0.3 is 6.18 Å². The molecule has 1 aliphatic carbocycles. The maximum absolute atomic E-state index is 13.9. The quantitative estimate of drug-likeness (QED) is 0.0754. The molecular weight excluding hydrogens is 613 g/mol. The SMILES string of the molecule is C/C=C(\C=C(/CCl)N(N)/C=C(\CN)c1cnn(C)c1C)C(=O)NC1=CC(C(F)(F)F)C=CC(CNC2CC(O)N(C)C2)=C1OC. The average molecular weight is 655 g/mol. The number of carbonyl (C=O) groups excluding carboxylic acids is 1. The maximum Gasteiger partial charge on any atom is 0.398 e. The average Bonchev–Trinajstić information content (AvgIpc) is 3.42. The van der Waals surface area contributed by atoms with Gasteiger partial charge in [0.2, 0.25) is 0 Å². The number of amides is 1. The lowest BCUT2D eigenvalue weighted by atomic mass is 10.1. The Morgan fingerprint density at radius 1 is 1.36 bits per heavy atom. The number of halogens is 4. The number of carbonyl (C=O) groups is 1. The van der Waals surface area contributed by atoms with E-state index in [1.165, 1.54) is 30.3 Å². The van der Waals surface area contributed by atoms with Crippen LogP contribution in [-0.4, -0.2) is 88.8 Å². The number of aliphatic hydroxyl groups is 1. The maximum atomic E-state index is 13.9. The normalized spacial score (nSPS) is 22.1. The summed E-state index contributed by atoms with van der Waals surface area (Å²) in [5.74, 6) is 3.61. The first-order valence-corrected chi connectivity index (χ1v) is 14.8. The number of aromatic nitrogens is 2. The molecule has 3 atom stereocenters. The Kier molecular flexibility index (Phi) is 12.6. The largest absolute Gasteiger partial charge is 0.494 e. The number of methoxy groups -OCH3 is 1. The minimum absolute atomic E-state index is 0.0746. The van der Waals surface area contributed by atoms with Gasteiger partial charge in [0.1, 0.15) is 12.0 Å². The molecule has 1 aliphatic heterocycles. The lowest BCUT2D eigenvalue weighted by Crippen LogP contribution is -2.33. The molecule has 2 heterocycles. The van der Waals surface area contributed by atoms with Crippen molar-refractivity contribution in [3.05, 3.63) is 82.3 Å². The third-order valence-corrected chi connectivity index (χ3v) is 8.04. The number of nitrogens with zero attached hydrogens (tertiary/aromatic N) is 4. The molecule has 0 aromatic carbocycles. The van der Waals surface area contributed by atoms with Crippen LogP contribution in [0.2, 0.25) is 0 Å². The van der Waals surface area contributed by atoms with Crippen molar-refractivity contribution < 1.29 is 27.8 Å². The molecule has 1 fully saturated rings. The Bertz CT molecular complexity index is 1400. The predicted molar refractivity (Wildman–Crippen MR) is 168 cm³/mol. The van der Waals surface area contributed by atoms with Gasteiger partial charge in [0, 0.05) is 73.4 Å². The van der Waals surface area contributed by atoms with Gasteiger partial charge in [-0.3, -0.25) is 19.4 Å². The lowest BCUT2D eigenvalue weighted by molar-refractivity contribution is -0.149. The second kappa shape index (κ2) is 15.7. The van der Waals surface area contributed by atoms with Crippen LogP contribution in [0.15, 0.2) is 71.1 Å². The molecule has 11 nitrogen and oxygen atoms in total. The summed E-state index contributed by atoms with van der Waals surface area (Å²) in [5, 5.41) is 21.4. The number of aryl methyl sites for hydroxylation is 1. The number of rotatable bonds is 12. The third kappa shape index (κ3) is 9.08. The van der Waals surface area contributed by atoms with Gasteiger partial charge in [-0.15, -0.1) is 11.6 Å². The summed E-state index contributed by atoms with van der Waals surface area (Å²) < 4.78 is 49.0. The van der Waals surface area contributed by atoms with Crippen molar-refractivity contribution in [2.75, 3.05) is 39.7 Å². The van der Waals surface area contributed by atoms with Crippen molar-refractivity contribution >= 4 is 23.1 Å². The highest BCUT2D eigenvalue weighted by Crippen LogP contribution is 2.33. The van der Waals surface area contributed by atoms with Crippen LogP contribution in [-0.2, 0) is 16.6 Å². The van der Waals surface area contributed by atoms with Crippen molar-refractivity contribution in [2.45, 2.75) is 38.7 Å². The van der Waals surface area contributed by atoms with E-state index < -0.39 is 24.2 Å². The minimum atomic E-state index is -4.61. The Balaban J connectivity index is 1.90. The van der Waals surface area contributed by atoms with E-state index in [2.05, 4.69) is 15.7 Å². The highest BCUT2D eigenvalue weighted by molar-refractivity contribution is 6.19. The number of allylic oxidation sites excluding steroid dienone is 4. The number of hydrazine groups is 1. The van der Waals surface area contributed by atoms with Gasteiger partial charge in [-0.1, -0.05) is 18.2 Å². The van der Waals surface area contributed by atoms with E-state index in [4.69, 9.17) is 27.9 Å². The Morgan fingerprint density at radius 3 is 2.58 bits per heavy atom. The lowest BCUT2D eigenvalue weighted by Gasteiger charge is -2.20. The summed E-state index contributed by atoms with van der Waals surface area (Å²) in [4.78, 5) is 15.3. The zero-order valence-corrected chi connectivity index (χ0v) is 26.8. The highest BCUT2D eigenvalue weighted by Gasteiger charge is 2.38. The number of likely N-dealkylation sites (N-methyl/N-ethyl adjacent to an activating group) is 1. The first-order chi connectivity index (χ1) is 21.2. The molecule has 45 heavy (non-hydrogen) atoms. The van der Waals surface area contributed by atoms with Gasteiger partial charge in [0.25, 0.3) is 5.91 Å². The summed E-state index contributed by atoms with van der Waals surface area (Å²) in [6.45, 7) is 4.35. The number of nitrogens with two attached hydrogens (primary N) is 2. The van der Waals surface area contributed by atoms with E-state index in [1.807, 2.05) is 6.92 Å². The van der Waals surface area contributed by atoms with Crippen molar-refractivity contribution in [3.63, 3.8) is 0 Å². The van der Waals surface area contributed by atoms with Crippen LogP contribution in [0, 0.1) is 12.8 Å². The molecule has 0 saturated carbocycles. The van der Waals surface area contributed by atoms with E-state index in [1.54, 1.807) is 43.0 Å². The third-order valence-electron chi connectivity index (χ3n) is 7.77. The summed E-state index contributed by atoms with van der Waals surface area (Å²) in [6.07, 6.45) is 4.70. The molecule has 7 N–H and O–H groups in total. The van der Waals surface area contributed by atoms with Crippen molar-refractivity contribution in [2.24, 2.45) is 24.5 Å². The number of nitrogens with one attached hydrogen (secondary N) is 2. The van der Waals surface area contributed by atoms with Crippen molar-refractivity contribution in [1.82, 2.24) is 30.3 Å². The van der Waals surface area contributed by atoms with Crippen LogP contribution in [0.4, 0.5) is 13.2 Å². The van der Waals surface area contributed by atoms with Crippen LogP contribution in [0.1, 0.15) is 24.6 Å². The Labute approximate surface area is 266 Å². The Hall–Kier alpha value is -3.40. The van der Waals surface area contributed by atoms with Gasteiger partial charge in [0.05, 0.1) is 30.8 Å². The van der Waals surface area contributed by atoms with E-state index >= 15 is 0 Å². The standard InChI is InChI=1S/C30H42ClF3N8O3/c1-6-19(9-24(12-31)42(36)16-21(13-35)25-15-38-41(4)18(25)2)29(44)39-26-10-22(30(32,33)34)8-7-20(28(26)45-5)14-37-23-11-27(43)40(3)17-23/h6-10,15-16,22-23,27,37,43H,11-14,17,35-36H2,1-5H3,(H,39,44)/b19-6+,21-16+,24-9+. The number of aliphatic hydroxyl groups excluding tert-OH is 1. The van der Waals surface area contributed by atoms with E-state index in [-0.39, 0.29) is 42.0 Å². The molecule has 2 aliphatic rings. The highest BCUT2D eigenvalue weighted by atomic mass is 35.5. The van der Waals surface area contributed by atoms with Gasteiger partial charge in [-0.25, -0.2) is 5.84 Å². The van der Waals surface area contributed by atoms with Crippen LogP contribution in [0.25, 0.3) is 5.57 Å². The predicted octanol–water partition coefficient (Wildman–Crippen LogP) is 2.53. The fraction of sp³-hybridized carbons (Fsp3) is 0.467. The zero-order valence-electron chi connectivity index (χ0n) is 26.0. The second-order valence-corrected chi connectivity index (χ2v) is 11.1. The fourth-order valence-electron chi connectivity index (χ4n) is 4.98. The molecule has 1 amide bonds. The second-order valence-electron chi connectivity index (χ2n) is 10.8. The molecule has 248 valence electrons. The molecule has 1 aromatic heterocycles. The van der Waals surface area contributed by atoms with Gasteiger partial charge in [-0.2, -0.15) is 18.3 Å². The summed E-state index contributed by atoms with van der Waals surface area (Å²) in [6, 6.07) is -0.0865. The number of likely N-dealkylation sites (tertiary alicyclic amines) is 1. The molecule has 1 saturated heterocycles. The van der Waals surface area contributed by atoms with Crippen LogP contribution >= 0.6 is 11.6 Å². The summed E-state index contributed by atoms with van der Waals surface area (Å²) >= 11 is 6.21. The van der Waals surface area contributed by atoms with Gasteiger partial charge in [0.15, 0.2) is 0 Å². The topological polar surface area (TPSA) is 147 Å². The fourth-order valence-corrected chi connectivity index (χ4v) is 5.19. The van der Waals surface area contributed by atoms with Gasteiger partial charge in [-0.05, 0) is 38.6 Å². The van der Waals surface area contributed by atoms with Crippen LogP contribution in [0.5, 0.6) is 0 Å². The Morgan fingerprint density at radius 2 is 2.07 bits per heavy atom. The number of hydrogen-bond donors (Lipinski definition) is 5.